The van der Waals surface area contributed by atoms with Crippen LogP contribution in [0.25, 0.3) is 0 Å². The highest BCUT2D eigenvalue weighted by Gasteiger charge is 2.22. The Morgan fingerprint density at radius 3 is 2.88 bits per heavy atom. The second kappa shape index (κ2) is 8.86. The van der Waals surface area contributed by atoms with Crippen LogP contribution in [0.1, 0.15) is 39.0 Å². The van der Waals surface area contributed by atoms with Crippen LogP contribution in [0, 0.1) is 5.92 Å². The molecule has 1 aliphatic rings. The van der Waals surface area contributed by atoms with Crippen LogP contribution in [0.2, 0.25) is 0 Å². The van der Waals surface area contributed by atoms with Crippen molar-refractivity contribution in [3.05, 3.63) is 0 Å². The Morgan fingerprint density at radius 2 is 2.18 bits per heavy atom. The molecule has 0 aromatic heterocycles. The lowest BCUT2D eigenvalue weighted by molar-refractivity contribution is -0.0451. The predicted octanol–water partition coefficient (Wildman–Crippen LogP) is 0.881. The number of nitrogens with two attached hydrogens (primary N) is 1. The first-order valence-corrected chi connectivity index (χ1v) is 6.94. The van der Waals surface area contributed by atoms with Gasteiger partial charge in [-0.05, 0) is 38.3 Å². The summed E-state index contributed by atoms with van der Waals surface area (Å²) in [6, 6.07) is 0. The van der Waals surface area contributed by atoms with E-state index in [0.29, 0.717) is 31.7 Å². The van der Waals surface area contributed by atoms with Gasteiger partial charge in [0, 0.05) is 6.54 Å². The summed E-state index contributed by atoms with van der Waals surface area (Å²) in [5.74, 6) is 0.640. The number of rotatable bonds is 8. The van der Waals surface area contributed by atoms with Crippen molar-refractivity contribution in [1.82, 2.24) is 5.32 Å². The largest absolute Gasteiger partial charge is 0.389 e. The van der Waals surface area contributed by atoms with Crippen molar-refractivity contribution in [2.45, 2.75) is 51.2 Å². The van der Waals surface area contributed by atoms with Crippen LogP contribution in [0.4, 0.5) is 0 Å². The zero-order chi connectivity index (χ0) is 12.5. The monoisotopic (exact) mass is 244 g/mol. The van der Waals surface area contributed by atoms with Crippen molar-refractivity contribution in [3.63, 3.8) is 0 Å². The smallest absolute Gasteiger partial charge is 0.0897 e. The molecule has 3 atom stereocenters. The molecule has 1 rings (SSSR count). The van der Waals surface area contributed by atoms with E-state index >= 15 is 0 Å². The van der Waals surface area contributed by atoms with Crippen molar-refractivity contribution in [2.75, 3.05) is 26.2 Å². The maximum atomic E-state index is 9.75. The fourth-order valence-electron chi connectivity index (χ4n) is 2.32. The third-order valence-corrected chi connectivity index (χ3v) is 3.47. The molecule has 0 spiro atoms. The highest BCUT2D eigenvalue weighted by Crippen LogP contribution is 2.26. The van der Waals surface area contributed by atoms with Crippen molar-refractivity contribution >= 4 is 0 Å². The third kappa shape index (κ3) is 6.36. The van der Waals surface area contributed by atoms with E-state index in [1.165, 1.54) is 19.3 Å². The number of aliphatic hydroxyl groups excluding tert-OH is 1. The average Bonchev–Trinajstić information content (AvgIpc) is 2.34. The van der Waals surface area contributed by atoms with Gasteiger partial charge in [-0.15, -0.1) is 0 Å². The highest BCUT2D eigenvalue weighted by molar-refractivity contribution is 4.73. The van der Waals surface area contributed by atoms with Gasteiger partial charge in [0.1, 0.15) is 0 Å². The summed E-state index contributed by atoms with van der Waals surface area (Å²) < 4.78 is 5.80. The van der Waals surface area contributed by atoms with Gasteiger partial charge in [0.05, 0.1) is 18.8 Å². The molecule has 17 heavy (non-hydrogen) atoms. The molecule has 4 heteroatoms. The van der Waals surface area contributed by atoms with Gasteiger partial charge in [0.2, 0.25) is 0 Å². The van der Waals surface area contributed by atoms with E-state index in [1.807, 2.05) is 0 Å². The molecule has 1 saturated carbocycles. The van der Waals surface area contributed by atoms with Crippen LogP contribution in [0.3, 0.4) is 0 Å². The van der Waals surface area contributed by atoms with E-state index in [9.17, 15) is 5.11 Å². The maximum absolute atomic E-state index is 9.75. The summed E-state index contributed by atoms with van der Waals surface area (Å²) >= 11 is 0. The number of ether oxygens (including phenoxy) is 1. The van der Waals surface area contributed by atoms with Crippen LogP contribution < -0.4 is 11.1 Å². The van der Waals surface area contributed by atoms with Crippen LogP contribution in [-0.2, 0) is 4.74 Å². The molecule has 0 amide bonds. The van der Waals surface area contributed by atoms with E-state index in [4.69, 9.17) is 10.5 Å². The van der Waals surface area contributed by atoms with Gasteiger partial charge >= 0.3 is 0 Å². The standard InChI is InChI=1S/C13H28N2O2/c1-11-5-2-3-6-13(11)17-10-12(16)9-15-8-4-7-14/h11-13,15-16H,2-10,14H2,1H3. The van der Waals surface area contributed by atoms with E-state index < -0.39 is 6.10 Å². The van der Waals surface area contributed by atoms with E-state index in [0.717, 1.165) is 19.4 Å². The van der Waals surface area contributed by atoms with Crippen molar-refractivity contribution < 1.29 is 9.84 Å². The van der Waals surface area contributed by atoms with Gasteiger partial charge in [0.25, 0.3) is 0 Å². The van der Waals surface area contributed by atoms with E-state index in [-0.39, 0.29) is 0 Å². The molecule has 0 saturated heterocycles. The van der Waals surface area contributed by atoms with Gasteiger partial charge < -0.3 is 20.9 Å². The van der Waals surface area contributed by atoms with E-state index in [2.05, 4.69) is 12.2 Å². The normalized spacial score (nSPS) is 27.0. The van der Waals surface area contributed by atoms with Crippen LogP contribution >= 0.6 is 0 Å². The topological polar surface area (TPSA) is 67.5 Å². The minimum Gasteiger partial charge on any atom is -0.389 e. The molecule has 0 aromatic rings. The van der Waals surface area contributed by atoms with Gasteiger partial charge in [-0.1, -0.05) is 19.8 Å². The Bertz CT molecular complexity index is 190. The first-order chi connectivity index (χ1) is 8.24. The number of hydrogen-bond donors (Lipinski definition) is 3. The fourth-order valence-corrected chi connectivity index (χ4v) is 2.32. The van der Waals surface area contributed by atoms with Crippen molar-refractivity contribution in [1.29, 1.82) is 0 Å². The van der Waals surface area contributed by atoms with Crippen molar-refractivity contribution in [2.24, 2.45) is 11.7 Å². The molecule has 0 bridgehead atoms. The maximum Gasteiger partial charge on any atom is 0.0897 e. The molecule has 0 radical (unpaired) electrons. The Labute approximate surface area is 105 Å². The lowest BCUT2D eigenvalue weighted by Gasteiger charge is -2.29. The number of nitrogens with one attached hydrogen (secondary N) is 1. The lowest BCUT2D eigenvalue weighted by atomic mass is 9.88. The van der Waals surface area contributed by atoms with Crippen molar-refractivity contribution in [3.8, 4) is 0 Å². The zero-order valence-corrected chi connectivity index (χ0v) is 11.0. The molecule has 4 nitrogen and oxygen atoms in total. The average molecular weight is 244 g/mol. The number of aliphatic hydroxyl groups is 1. The van der Waals surface area contributed by atoms with Crippen LogP contribution in [0.5, 0.6) is 0 Å². The van der Waals surface area contributed by atoms with Gasteiger partial charge in [-0.25, -0.2) is 0 Å². The molecule has 4 N–H and O–H groups in total. The Kier molecular flexibility index (Phi) is 7.77. The molecule has 1 aliphatic carbocycles. The fraction of sp³-hybridized carbons (Fsp3) is 1.00. The second-order valence-corrected chi connectivity index (χ2v) is 5.13. The predicted molar refractivity (Wildman–Crippen MR) is 69.9 cm³/mol. The molecule has 1 fully saturated rings. The molecule has 0 heterocycles. The summed E-state index contributed by atoms with van der Waals surface area (Å²) in [5, 5.41) is 12.9. The minimum absolute atomic E-state index is 0.349. The highest BCUT2D eigenvalue weighted by atomic mass is 16.5. The van der Waals surface area contributed by atoms with E-state index in [1.54, 1.807) is 0 Å². The SMILES string of the molecule is CC1CCCCC1OCC(O)CNCCCN. The molecular formula is C13H28N2O2. The molecule has 0 aromatic carbocycles. The zero-order valence-electron chi connectivity index (χ0n) is 11.0. The molecule has 0 aliphatic heterocycles. The molecule has 102 valence electrons. The van der Waals surface area contributed by atoms with Gasteiger partial charge in [0.15, 0.2) is 0 Å². The first-order valence-electron chi connectivity index (χ1n) is 6.94. The molecular weight excluding hydrogens is 216 g/mol. The second-order valence-electron chi connectivity index (χ2n) is 5.13. The lowest BCUT2D eigenvalue weighted by Crippen LogP contribution is -2.35. The Balaban J connectivity index is 2.03. The summed E-state index contributed by atoms with van der Waals surface area (Å²) in [5.41, 5.74) is 5.39. The summed E-state index contributed by atoms with van der Waals surface area (Å²) in [4.78, 5) is 0. The first kappa shape index (κ1) is 14.9. The summed E-state index contributed by atoms with van der Waals surface area (Å²) in [6.07, 6.45) is 5.89. The summed E-state index contributed by atoms with van der Waals surface area (Å²) in [7, 11) is 0. The third-order valence-electron chi connectivity index (χ3n) is 3.47. The Morgan fingerprint density at radius 1 is 1.41 bits per heavy atom. The Hall–Kier alpha value is -0.160. The van der Waals surface area contributed by atoms with Crippen LogP contribution in [0.15, 0.2) is 0 Å². The van der Waals surface area contributed by atoms with Gasteiger partial charge in [-0.2, -0.15) is 0 Å². The minimum atomic E-state index is -0.401. The molecule has 3 unspecified atom stereocenters. The number of hydrogen-bond acceptors (Lipinski definition) is 4. The quantitative estimate of drug-likeness (QED) is 0.555. The van der Waals surface area contributed by atoms with Crippen LogP contribution in [-0.4, -0.2) is 43.6 Å². The summed E-state index contributed by atoms with van der Waals surface area (Å²) in [6.45, 7) is 4.86. The van der Waals surface area contributed by atoms with Gasteiger partial charge in [-0.3, -0.25) is 0 Å².